The first-order valence-corrected chi connectivity index (χ1v) is 11.2. The molecule has 6 heteroatoms. The smallest absolute Gasteiger partial charge is 0.238 e. The van der Waals surface area contributed by atoms with E-state index < -0.39 is 0 Å². The van der Waals surface area contributed by atoms with Gasteiger partial charge in [-0.15, -0.1) is 11.8 Å². The van der Waals surface area contributed by atoms with Crippen molar-refractivity contribution in [2.45, 2.75) is 31.1 Å². The molecule has 0 aromatic heterocycles. The number of anilines is 3. The van der Waals surface area contributed by atoms with Crippen LogP contribution in [0.2, 0.25) is 0 Å². The van der Waals surface area contributed by atoms with Crippen LogP contribution in [-0.4, -0.2) is 31.7 Å². The molecule has 152 valence electrons. The maximum Gasteiger partial charge on any atom is 0.238 e. The van der Waals surface area contributed by atoms with Crippen molar-refractivity contribution in [3.63, 3.8) is 0 Å². The average molecular weight is 410 g/mol. The quantitative estimate of drug-likeness (QED) is 0.780. The second-order valence-corrected chi connectivity index (χ2v) is 9.00. The van der Waals surface area contributed by atoms with Gasteiger partial charge in [0.1, 0.15) is 5.37 Å². The third kappa shape index (κ3) is 4.27. The van der Waals surface area contributed by atoms with Crippen LogP contribution < -0.4 is 15.1 Å². The standard InChI is InChI=1S/C23H27N3O2S/c1-25(2)19-11-13-20(14-12-19)26-21(27)15-29-23(26)17-7-9-18(10-8-17)24-22(28)16-5-3-4-6-16/h7-14,16,23H,3-6,15H2,1-2H3,(H,24,28). The number of amides is 2. The van der Waals surface area contributed by atoms with E-state index in [0.29, 0.717) is 5.75 Å². The first kappa shape index (κ1) is 19.8. The monoisotopic (exact) mass is 409 g/mol. The summed E-state index contributed by atoms with van der Waals surface area (Å²) < 4.78 is 0. The van der Waals surface area contributed by atoms with Gasteiger partial charge in [-0.3, -0.25) is 14.5 Å². The molecule has 2 amide bonds. The Balaban J connectivity index is 1.49. The zero-order valence-electron chi connectivity index (χ0n) is 16.9. The second-order valence-electron chi connectivity index (χ2n) is 7.93. The number of rotatable bonds is 5. The zero-order chi connectivity index (χ0) is 20.4. The fourth-order valence-electron chi connectivity index (χ4n) is 4.02. The Kier molecular flexibility index (Phi) is 5.81. The van der Waals surface area contributed by atoms with E-state index in [4.69, 9.17) is 0 Å². The average Bonchev–Trinajstić information content (AvgIpc) is 3.39. The van der Waals surface area contributed by atoms with Crippen LogP contribution in [0.1, 0.15) is 36.6 Å². The summed E-state index contributed by atoms with van der Waals surface area (Å²) >= 11 is 1.64. The van der Waals surface area contributed by atoms with E-state index in [9.17, 15) is 9.59 Å². The number of nitrogens with zero attached hydrogens (tertiary/aromatic N) is 2. The van der Waals surface area contributed by atoms with Crippen LogP contribution in [0, 0.1) is 5.92 Å². The fraction of sp³-hybridized carbons (Fsp3) is 0.391. The maximum absolute atomic E-state index is 12.6. The van der Waals surface area contributed by atoms with Gasteiger partial charge in [-0.05, 0) is 54.8 Å². The van der Waals surface area contributed by atoms with Gasteiger partial charge in [0.05, 0.1) is 5.75 Å². The second kappa shape index (κ2) is 8.49. The maximum atomic E-state index is 12.6. The van der Waals surface area contributed by atoms with Gasteiger partial charge in [0.2, 0.25) is 11.8 Å². The number of nitrogens with one attached hydrogen (secondary N) is 1. The topological polar surface area (TPSA) is 52.6 Å². The Morgan fingerprint density at radius 1 is 1.03 bits per heavy atom. The molecule has 0 radical (unpaired) electrons. The van der Waals surface area contributed by atoms with Gasteiger partial charge in [0, 0.05) is 37.1 Å². The summed E-state index contributed by atoms with van der Waals surface area (Å²) in [7, 11) is 4.00. The molecule has 5 nitrogen and oxygen atoms in total. The molecule has 1 saturated carbocycles. The van der Waals surface area contributed by atoms with E-state index in [2.05, 4.69) is 5.32 Å². The van der Waals surface area contributed by atoms with Crippen molar-refractivity contribution in [3.05, 3.63) is 54.1 Å². The highest BCUT2D eigenvalue weighted by atomic mass is 32.2. The normalized spacial score (nSPS) is 19.6. The van der Waals surface area contributed by atoms with E-state index in [0.717, 1.165) is 48.3 Å². The molecule has 2 aliphatic rings. The summed E-state index contributed by atoms with van der Waals surface area (Å²) in [6, 6.07) is 16.0. The van der Waals surface area contributed by atoms with Gasteiger partial charge in [-0.1, -0.05) is 25.0 Å². The van der Waals surface area contributed by atoms with Crippen LogP contribution in [0.5, 0.6) is 0 Å². The molecule has 29 heavy (non-hydrogen) atoms. The Morgan fingerprint density at radius 3 is 2.31 bits per heavy atom. The van der Waals surface area contributed by atoms with Crippen LogP contribution in [0.25, 0.3) is 0 Å². The third-order valence-electron chi connectivity index (χ3n) is 5.70. The molecule has 0 spiro atoms. The summed E-state index contributed by atoms with van der Waals surface area (Å²) in [5.74, 6) is 0.873. The molecule has 1 saturated heterocycles. The zero-order valence-corrected chi connectivity index (χ0v) is 17.7. The minimum absolute atomic E-state index is 0.0488. The molecule has 1 aliphatic carbocycles. The summed E-state index contributed by atoms with van der Waals surface area (Å²) in [6.45, 7) is 0. The number of hydrogen-bond donors (Lipinski definition) is 1. The Hall–Kier alpha value is -2.47. The molecular formula is C23H27N3O2S. The van der Waals surface area contributed by atoms with Crippen molar-refractivity contribution in [2.75, 3.05) is 35.0 Å². The number of thioether (sulfide) groups is 1. The van der Waals surface area contributed by atoms with E-state index in [1.807, 2.05) is 72.4 Å². The van der Waals surface area contributed by atoms with Crippen molar-refractivity contribution in [3.8, 4) is 0 Å². The van der Waals surface area contributed by atoms with Gasteiger partial charge in [0.15, 0.2) is 0 Å². The highest BCUT2D eigenvalue weighted by molar-refractivity contribution is 8.00. The lowest BCUT2D eigenvalue weighted by Gasteiger charge is -2.25. The van der Waals surface area contributed by atoms with Gasteiger partial charge in [-0.25, -0.2) is 0 Å². The van der Waals surface area contributed by atoms with Crippen LogP contribution in [0.15, 0.2) is 48.5 Å². The van der Waals surface area contributed by atoms with Crippen molar-refractivity contribution in [2.24, 2.45) is 5.92 Å². The number of hydrogen-bond acceptors (Lipinski definition) is 4. The molecule has 1 atom stereocenters. The number of benzene rings is 2. The fourth-order valence-corrected chi connectivity index (χ4v) is 5.20. The molecule has 1 heterocycles. The molecule has 1 unspecified atom stereocenters. The van der Waals surface area contributed by atoms with Crippen molar-refractivity contribution in [1.82, 2.24) is 0 Å². The minimum Gasteiger partial charge on any atom is -0.378 e. The minimum atomic E-state index is -0.0488. The highest BCUT2D eigenvalue weighted by Crippen LogP contribution is 2.42. The first-order valence-electron chi connectivity index (χ1n) is 10.1. The van der Waals surface area contributed by atoms with Gasteiger partial charge >= 0.3 is 0 Å². The lowest BCUT2D eigenvalue weighted by molar-refractivity contribution is -0.119. The molecule has 2 aromatic carbocycles. The van der Waals surface area contributed by atoms with Crippen molar-refractivity contribution < 1.29 is 9.59 Å². The Morgan fingerprint density at radius 2 is 1.69 bits per heavy atom. The Bertz CT molecular complexity index is 874. The molecule has 0 bridgehead atoms. The number of carbonyl (C=O) groups is 2. The highest BCUT2D eigenvalue weighted by Gasteiger charge is 2.34. The molecule has 1 aliphatic heterocycles. The summed E-state index contributed by atoms with van der Waals surface area (Å²) in [5.41, 5.74) is 3.90. The molecule has 2 fully saturated rings. The van der Waals surface area contributed by atoms with Crippen LogP contribution in [0.4, 0.5) is 17.1 Å². The van der Waals surface area contributed by atoms with E-state index in [1.54, 1.807) is 11.8 Å². The first-order chi connectivity index (χ1) is 14.0. The molecular weight excluding hydrogens is 382 g/mol. The van der Waals surface area contributed by atoms with E-state index in [1.165, 1.54) is 0 Å². The number of carbonyl (C=O) groups excluding carboxylic acids is 2. The predicted molar refractivity (Wildman–Crippen MR) is 120 cm³/mol. The summed E-state index contributed by atoms with van der Waals surface area (Å²) in [6.07, 6.45) is 4.28. The van der Waals surface area contributed by atoms with Crippen LogP contribution in [-0.2, 0) is 9.59 Å². The Labute approximate surface area is 176 Å². The van der Waals surface area contributed by atoms with Crippen LogP contribution >= 0.6 is 11.8 Å². The lowest BCUT2D eigenvalue weighted by Crippen LogP contribution is -2.27. The molecule has 1 N–H and O–H groups in total. The largest absolute Gasteiger partial charge is 0.378 e. The van der Waals surface area contributed by atoms with Gasteiger partial charge in [0.25, 0.3) is 0 Å². The van der Waals surface area contributed by atoms with E-state index >= 15 is 0 Å². The predicted octanol–water partition coefficient (Wildman–Crippen LogP) is 4.66. The lowest BCUT2D eigenvalue weighted by atomic mass is 10.1. The SMILES string of the molecule is CN(C)c1ccc(N2C(=O)CSC2c2ccc(NC(=O)C3CCCC3)cc2)cc1. The molecule has 4 rings (SSSR count). The molecule has 2 aromatic rings. The summed E-state index contributed by atoms with van der Waals surface area (Å²) in [4.78, 5) is 28.8. The van der Waals surface area contributed by atoms with E-state index in [-0.39, 0.29) is 23.1 Å². The van der Waals surface area contributed by atoms with Crippen molar-refractivity contribution >= 4 is 40.6 Å². The van der Waals surface area contributed by atoms with Gasteiger partial charge in [-0.2, -0.15) is 0 Å². The van der Waals surface area contributed by atoms with Gasteiger partial charge < -0.3 is 10.2 Å². The van der Waals surface area contributed by atoms with Crippen molar-refractivity contribution in [1.29, 1.82) is 0 Å². The summed E-state index contributed by atoms with van der Waals surface area (Å²) in [5, 5.41) is 2.99. The van der Waals surface area contributed by atoms with Crippen LogP contribution in [0.3, 0.4) is 0 Å². The third-order valence-corrected chi connectivity index (χ3v) is 6.91.